The van der Waals surface area contributed by atoms with Crippen molar-refractivity contribution in [3.8, 4) is 0 Å². The van der Waals surface area contributed by atoms with Gasteiger partial charge in [0, 0.05) is 13.2 Å². The van der Waals surface area contributed by atoms with E-state index in [1.807, 2.05) is 0 Å². The first-order chi connectivity index (χ1) is 7.95. The van der Waals surface area contributed by atoms with E-state index in [1.165, 1.54) is 19.2 Å². The molecule has 4 N–H and O–H groups in total. The molecule has 6 nitrogen and oxygen atoms in total. The van der Waals surface area contributed by atoms with Crippen LogP contribution >= 0.6 is 11.6 Å². The first-order valence-corrected chi connectivity index (χ1v) is 5.27. The minimum Gasteiger partial charge on any atom is -0.373 e. The lowest BCUT2D eigenvalue weighted by Crippen LogP contribution is -2.42. The average molecular weight is 257 g/mol. The van der Waals surface area contributed by atoms with E-state index >= 15 is 0 Å². The van der Waals surface area contributed by atoms with Crippen molar-refractivity contribution in [2.45, 2.75) is 13.0 Å². The number of hydrogen-bond acceptors (Lipinski definition) is 4. The Morgan fingerprint density at radius 1 is 1.53 bits per heavy atom. The van der Waals surface area contributed by atoms with Gasteiger partial charge < -0.3 is 16.4 Å². The predicted molar refractivity (Wildman–Crippen MR) is 64.9 cm³/mol. The molecule has 2 amide bonds. The number of anilines is 1. The molecule has 0 spiro atoms. The van der Waals surface area contributed by atoms with Gasteiger partial charge in [0.2, 0.25) is 5.91 Å². The summed E-state index contributed by atoms with van der Waals surface area (Å²) >= 11 is 5.84. The molecular weight excluding hydrogens is 244 g/mol. The SMILES string of the molecule is CNc1cc(C(=O)NC(C)C(N)=O)c(Cl)cn1. The number of aromatic nitrogens is 1. The molecule has 0 aromatic carbocycles. The first-order valence-electron chi connectivity index (χ1n) is 4.89. The molecule has 92 valence electrons. The maximum absolute atomic E-state index is 11.8. The van der Waals surface area contributed by atoms with E-state index in [-0.39, 0.29) is 10.6 Å². The van der Waals surface area contributed by atoms with Crippen molar-refractivity contribution in [3.05, 3.63) is 22.8 Å². The van der Waals surface area contributed by atoms with E-state index in [0.717, 1.165) is 0 Å². The second-order valence-corrected chi connectivity index (χ2v) is 3.80. The quantitative estimate of drug-likeness (QED) is 0.725. The standard InChI is InChI=1S/C10H13ClN4O2/c1-5(9(12)16)15-10(17)6-3-8(13-2)14-4-7(6)11/h3-5H,1-2H3,(H2,12,16)(H,13,14)(H,15,17). The van der Waals surface area contributed by atoms with Crippen molar-refractivity contribution < 1.29 is 9.59 Å². The number of amides is 2. The third kappa shape index (κ3) is 3.32. The molecule has 1 unspecified atom stereocenters. The van der Waals surface area contributed by atoms with Crippen LogP contribution < -0.4 is 16.4 Å². The smallest absolute Gasteiger partial charge is 0.253 e. The minimum atomic E-state index is -0.759. The lowest BCUT2D eigenvalue weighted by molar-refractivity contribution is -0.119. The summed E-state index contributed by atoms with van der Waals surface area (Å²) in [6.45, 7) is 1.49. The number of halogens is 1. The first kappa shape index (κ1) is 13.2. The van der Waals surface area contributed by atoms with Gasteiger partial charge in [0.1, 0.15) is 11.9 Å². The Labute approximate surface area is 104 Å². The third-order valence-electron chi connectivity index (χ3n) is 2.13. The van der Waals surface area contributed by atoms with Crippen molar-refractivity contribution in [1.82, 2.24) is 10.3 Å². The Kier molecular flexibility index (Phi) is 4.28. The van der Waals surface area contributed by atoms with Gasteiger partial charge in [-0.1, -0.05) is 11.6 Å². The number of rotatable bonds is 4. The van der Waals surface area contributed by atoms with Crippen molar-refractivity contribution in [2.75, 3.05) is 12.4 Å². The molecular formula is C10H13ClN4O2. The fourth-order valence-corrected chi connectivity index (χ4v) is 1.28. The van der Waals surface area contributed by atoms with Gasteiger partial charge in [-0.2, -0.15) is 0 Å². The molecule has 1 rings (SSSR count). The van der Waals surface area contributed by atoms with Gasteiger partial charge in [0.05, 0.1) is 10.6 Å². The molecule has 1 aromatic heterocycles. The number of carbonyl (C=O) groups excluding carboxylic acids is 2. The lowest BCUT2D eigenvalue weighted by Gasteiger charge is -2.11. The average Bonchev–Trinajstić information content (AvgIpc) is 2.29. The van der Waals surface area contributed by atoms with Crippen LogP contribution in [0.4, 0.5) is 5.82 Å². The maximum atomic E-state index is 11.8. The molecule has 0 aliphatic heterocycles. The Balaban J connectivity index is 2.91. The molecule has 0 aliphatic rings. The highest BCUT2D eigenvalue weighted by Crippen LogP contribution is 2.17. The van der Waals surface area contributed by atoms with Gasteiger partial charge in [-0.05, 0) is 13.0 Å². The molecule has 0 aliphatic carbocycles. The van der Waals surface area contributed by atoms with Crippen molar-refractivity contribution in [2.24, 2.45) is 5.73 Å². The highest BCUT2D eigenvalue weighted by atomic mass is 35.5. The number of nitrogens with one attached hydrogen (secondary N) is 2. The van der Waals surface area contributed by atoms with Crippen molar-refractivity contribution >= 4 is 29.2 Å². The van der Waals surface area contributed by atoms with Crippen molar-refractivity contribution in [3.63, 3.8) is 0 Å². The molecule has 1 aromatic rings. The van der Waals surface area contributed by atoms with Crippen LogP contribution in [0.5, 0.6) is 0 Å². The Bertz CT molecular complexity index is 450. The zero-order chi connectivity index (χ0) is 13.0. The largest absolute Gasteiger partial charge is 0.373 e. The number of carbonyl (C=O) groups is 2. The van der Waals surface area contributed by atoms with Crippen LogP contribution in [0.3, 0.4) is 0 Å². The topological polar surface area (TPSA) is 97.1 Å². The molecule has 0 saturated heterocycles. The normalized spacial score (nSPS) is 11.7. The van der Waals surface area contributed by atoms with Gasteiger partial charge in [-0.15, -0.1) is 0 Å². The van der Waals surface area contributed by atoms with Gasteiger partial charge in [-0.3, -0.25) is 9.59 Å². The van der Waals surface area contributed by atoms with Gasteiger partial charge in [0.25, 0.3) is 5.91 Å². The second kappa shape index (κ2) is 5.49. The molecule has 0 radical (unpaired) electrons. The summed E-state index contributed by atoms with van der Waals surface area (Å²) in [4.78, 5) is 26.6. The number of primary amides is 1. The van der Waals surface area contributed by atoms with E-state index < -0.39 is 17.9 Å². The third-order valence-corrected chi connectivity index (χ3v) is 2.43. The number of nitrogens with zero attached hydrogens (tertiary/aromatic N) is 1. The van der Waals surface area contributed by atoms with E-state index in [2.05, 4.69) is 15.6 Å². The van der Waals surface area contributed by atoms with Crippen LogP contribution in [0.15, 0.2) is 12.3 Å². The summed E-state index contributed by atoms with van der Waals surface area (Å²) in [5.41, 5.74) is 5.28. The number of hydrogen-bond donors (Lipinski definition) is 3. The van der Waals surface area contributed by atoms with Gasteiger partial charge in [-0.25, -0.2) is 4.98 Å². The van der Waals surface area contributed by atoms with E-state index in [1.54, 1.807) is 7.05 Å². The summed E-state index contributed by atoms with van der Waals surface area (Å²) in [5, 5.41) is 5.43. The fourth-order valence-electron chi connectivity index (χ4n) is 1.09. The second-order valence-electron chi connectivity index (χ2n) is 3.40. The summed E-state index contributed by atoms with van der Waals surface area (Å²) < 4.78 is 0. The van der Waals surface area contributed by atoms with Crippen LogP contribution in [-0.4, -0.2) is 29.9 Å². The van der Waals surface area contributed by atoms with E-state index in [9.17, 15) is 9.59 Å². The minimum absolute atomic E-state index is 0.207. The molecule has 7 heteroatoms. The summed E-state index contributed by atoms with van der Waals surface area (Å²) in [6, 6.07) is 0.732. The Hall–Kier alpha value is -1.82. The molecule has 1 heterocycles. The highest BCUT2D eigenvalue weighted by Gasteiger charge is 2.16. The van der Waals surface area contributed by atoms with E-state index in [4.69, 9.17) is 17.3 Å². The van der Waals surface area contributed by atoms with Crippen LogP contribution in [0, 0.1) is 0 Å². The molecule has 0 fully saturated rings. The number of pyridine rings is 1. The van der Waals surface area contributed by atoms with Gasteiger partial charge >= 0.3 is 0 Å². The molecule has 1 atom stereocenters. The van der Waals surface area contributed by atoms with E-state index in [0.29, 0.717) is 5.82 Å². The highest BCUT2D eigenvalue weighted by molar-refractivity contribution is 6.33. The zero-order valence-corrected chi connectivity index (χ0v) is 10.2. The van der Waals surface area contributed by atoms with Crippen LogP contribution in [0.2, 0.25) is 5.02 Å². The fraction of sp³-hybridized carbons (Fsp3) is 0.300. The van der Waals surface area contributed by atoms with Gasteiger partial charge in [0.15, 0.2) is 0 Å². The van der Waals surface area contributed by atoms with Crippen molar-refractivity contribution in [1.29, 1.82) is 0 Å². The Morgan fingerprint density at radius 3 is 2.71 bits per heavy atom. The van der Waals surface area contributed by atoms with Crippen LogP contribution in [0.1, 0.15) is 17.3 Å². The lowest BCUT2D eigenvalue weighted by atomic mass is 10.2. The van der Waals surface area contributed by atoms with Crippen LogP contribution in [0.25, 0.3) is 0 Å². The number of nitrogens with two attached hydrogens (primary N) is 1. The van der Waals surface area contributed by atoms with Crippen LogP contribution in [-0.2, 0) is 4.79 Å². The monoisotopic (exact) mass is 256 g/mol. The molecule has 0 bridgehead atoms. The molecule has 17 heavy (non-hydrogen) atoms. The summed E-state index contributed by atoms with van der Waals surface area (Å²) in [5.74, 6) is -0.580. The summed E-state index contributed by atoms with van der Waals surface area (Å²) in [6.07, 6.45) is 1.36. The predicted octanol–water partition coefficient (Wildman–Crippen LogP) is 0.380. The Morgan fingerprint density at radius 2 is 2.18 bits per heavy atom. The maximum Gasteiger partial charge on any atom is 0.253 e. The zero-order valence-electron chi connectivity index (χ0n) is 9.45. The summed E-state index contributed by atoms with van der Waals surface area (Å²) in [7, 11) is 1.67. The molecule has 0 saturated carbocycles.